The topological polar surface area (TPSA) is 54.4 Å². The van der Waals surface area contributed by atoms with Gasteiger partial charge in [-0.15, -0.1) is 0 Å². The van der Waals surface area contributed by atoms with E-state index >= 15 is 0 Å². The van der Waals surface area contributed by atoms with Crippen LogP contribution in [-0.2, 0) is 0 Å². The summed E-state index contributed by atoms with van der Waals surface area (Å²) < 4.78 is 5.24. The SMILES string of the molecule is COc1cccnc1NCC1(CO)CCCC1. The lowest BCUT2D eigenvalue weighted by molar-refractivity contribution is 0.142. The Morgan fingerprint density at radius 3 is 2.88 bits per heavy atom. The van der Waals surface area contributed by atoms with E-state index in [0.29, 0.717) is 0 Å². The molecular formula is C13H20N2O2. The van der Waals surface area contributed by atoms with E-state index in [1.54, 1.807) is 13.3 Å². The Morgan fingerprint density at radius 1 is 1.47 bits per heavy atom. The van der Waals surface area contributed by atoms with Gasteiger partial charge in [0.2, 0.25) is 0 Å². The van der Waals surface area contributed by atoms with Crippen molar-refractivity contribution in [2.24, 2.45) is 5.41 Å². The lowest BCUT2D eigenvalue weighted by Crippen LogP contribution is -2.30. The number of aliphatic hydroxyl groups excluding tert-OH is 1. The summed E-state index contributed by atoms with van der Waals surface area (Å²) in [6, 6.07) is 3.73. The third-order valence-electron chi connectivity index (χ3n) is 3.62. The second-order valence-corrected chi connectivity index (χ2v) is 4.77. The van der Waals surface area contributed by atoms with E-state index in [1.807, 2.05) is 12.1 Å². The maximum atomic E-state index is 9.53. The van der Waals surface area contributed by atoms with E-state index in [-0.39, 0.29) is 12.0 Å². The largest absolute Gasteiger partial charge is 0.493 e. The fraction of sp³-hybridized carbons (Fsp3) is 0.615. The third-order valence-corrected chi connectivity index (χ3v) is 3.62. The van der Waals surface area contributed by atoms with Crippen LogP contribution in [0, 0.1) is 5.41 Å². The molecule has 0 radical (unpaired) electrons. The molecule has 94 valence electrons. The first-order valence-corrected chi connectivity index (χ1v) is 6.13. The normalized spacial score (nSPS) is 18.0. The number of nitrogens with zero attached hydrogens (tertiary/aromatic N) is 1. The van der Waals surface area contributed by atoms with Gasteiger partial charge in [-0.1, -0.05) is 12.8 Å². The van der Waals surface area contributed by atoms with Crippen LogP contribution in [0.3, 0.4) is 0 Å². The molecule has 1 fully saturated rings. The monoisotopic (exact) mass is 236 g/mol. The molecule has 0 aromatic carbocycles. The minimum Gasteiger partial charge on any atom is -0.493 e. The molecule has 0 spiro atoms. The van der Waals surface area contributed by atoms with E-state index in [1.165, 1.54) is 12.8 Å². The predicted molar refractivity (Wildman–Crippen MR) is 67.3 cm³/mol. The maximum absolute atomic E-state index is 9.53. The predicted octanol–water partition coefficient (Wildman–Crippen LogP) is 2.05. The molecule has 17 heavy (non-hydrogen) atoms. The highest BCUT2D eigenvalue weighted by molar-refractivity contribution is 5.49. The average molecular weight is 236 g/mol. The summed E-state index contributed by atoms with van der Waals surface area (Å²) in [5.41, 5.74) is 0.0303. The van der Waals surface area contributed by atoms with Crippen LogP contribution in [0.5, 0.6) is 5.75 Å². The summed E-state index contributed by atoms with van der Waals surface area (Å²) in [5.74, 6) is 1.51. The number of hydrogen-bond donors (Lipinski definition) is 2. The Hall–Kier alpha value is -1.29. The fourth-order valence-corrected chi connectivity index (χ4v) is 2.48. The first-order chi connectivity index (χ1) is 8.29. The standard InChI is InChI=1S/C13H20N2O2/c1-17-11-5-4-8-14-12(11)15-9-13(10-16)6-2-3-7-13/h4-5,8,16H,2-3,6-7,9-10H2,1H3,(H,14,15). The summed E-state index contributed by atoms with van der Waals surface area (Å²) in [4.78, 5) is 4.26. The summed E-state index contributed by atoms with van der Waals surface area (Å²) >= 11 is 0. The highest BCUT2D eigenvalue weighted by Crippen LogP contribution is 2.38. The number of pyridine rings is 1. The number of rotatable bonds is 5. The zero-order valence-corrected chi connectivity index (χ0v) is 10.3. The molecule has 1 aliphatic rings. The molecule has 4 heteroatoms. The summed E-state index contributed by atoms with van der Waals surface area (Å²) in [6.07, 6.45) is 6.34. The van der Waals surface area contributed by atoms with Crippen LogP contribution in [-0.4, -0.2) is 30.4 Å². The van der Waals surface area contributed by atoms with Crippen molar-refractivity contribution in [3.8, 4) is 5.75 Å². The summed E-state index contributed by atoms with van der Waals surface area (Å²) in [7, 11) is 1.64. The van der Waals surface area contributed by atoms with Crippen molar-refractivity contribution in [3.63, 3.8) is 0 Å². The zero-order chi connectivity index (χ0) is 12.1. The van der Waals surface area contributed by atoms with Crippen molar-refractivity contribution in [2.75, 3.05) is 25.6 Å². The van der Waals surface area contributed by atoms with Crippen LogP contribution in [0.1, 0.15) is 25.7 Å². The number of hydrogen-bond acceptors (Lipinski definition) is 4. The van der Waals surface area contributed by atoms with Crippen LogP contribution < -0.4 is 10.1 Å². The second-order valence-electron chi connectivity index (χ2n) is 4.77. The highest BCUT2D eigenvalue weighted by atomic mass is 16.5. The van der Waals surface area contributed by atoms with Gasteiger partial charge in [0, 0.05) is 18.2 Å². The van der Waals surface area contributed by atoms with Crippen molar-refractivity contribution in [2.45, 2.75) is 25.7 Å². The quantitative estimate of drug-likeness (QED) is 0.821. The molecule has 2 N–H and O–H groups in total. The molecule has 0 bridgehead atoms. The first kappa shape index (κ1) is 12.2. The van der Waals surface area contributed by atoms with E-state index in [0.717, 1.165) is 31.0 Å². The Morgan fingerprint density at radius 2 is 2.24 bits per heavy atom. The number of aliphatic hydroxyl groups is 1. The minimum absolute atomic E-state index is 0.0303. The maximum Gasteiger partial charge on any atom is 0.168 e. The molecule has 0 aliphatic heterocycles. The van der Waals surface area contributed by atoms with Crippen LogP contribution in [0.2, 0.25) is 0 Å². The Bertz CT molecular complexity index is 362. The van der Waals surface area contributed by atoms with E-state index in [2.05, 4.69) is 10.3 Å². The van der Waals surface area contributed by atoms with Gasteiger partial charge in [0.25, 0.3) is 0 Å². The molecule has 2 rings (SSSR count). The van der Waals surface area contributed by atoms with Gasteiger partial charge < -0.3 is 15.2 Å². The number of ether oxygens (including phenoxy) is 1. The lowest BCUT2D eigenvalue weighted by atomic mass is 9.87. The Kier molecular flexibility index (Phi) is 3.84. The Labute approximate surface area is 102 Å². The molecule has 0 saturated heterocycles. The van der Waals surface area contributed by atoms with Crippen LogP contribution in [0.15, 0.2) is 18.3 Å². The van der Waals surface area contributed by atoms with Gasteiger partial charge in [-0.2, -0.15) is 0 Å². The van der Waals surface area contributed by atoms with E-state index in [9.17, 15) is 5.11 Å². The molecule has 0 atom stereocenters. The molecule has 4 nitrogen and oxygen atoms in total. The van der Waals surface area contributed by atoms with Crippen LogP contribution in [0.25, 0.3) is 0 Å². The smallest absolute Gasteiger partial charge is 0.168 e. The number of anilines is 1. The summed E-state index contributed by atoms with van der Waals surface area (Å²) in [6.45, 7) is 1.01. The highest BCUT2D eigenvalue weighted by Gasteiger charge is 2.33. The van der Waals surface area contributed by atoms with Crippen molar-refractivity contribution in [1.82, 2.24) is 4.98 Å². The zero-order valence-electron chi connectivity index (χ0n) is 10.3. The minimum atomic E-state index is 0.0303. The molecule has 1 aromatic heterocycles. The molecule has 0 unspecified atom stereocenters. The van der Waals surface area contributed by atoms with Crippen LogP contribution in [0.4, 0.5) is 5.82 Å². The van der Waals surface area contributed by atoms with Crippen molar-refractivity contribution in [1.29, 1.82) is 0 Å². The van der Waals surface area contributed by atoms with Gasteiger partial charge >= 0.3 is 0 Å². The van der Waals surface area contributed by atoms with Gasteiger partial charge in [-0.3, -0.25) is 0 Å². The van der Waals surface area contributed by atoms with E-state index < -0.39 is 0 Å². The number of aromatic nitrogens is 1. The fourth-order valence-electron chi connectivity index (χ4n) is 2.48. The Balaban J connectivity index is 2.01. The number of methoxy groups -OCH3 is 1. The lowest BCUT2D eigenvalue weighted by Gasteiger charge is -2.27. The van der Waals surface area contributed by atoms with Gasteiger partial charge in [0.1, 0.15) is 0 Å². The van der Waals surface area contributed by atoms with Gasteiger partial charge in [0.15, 0.2) is 11.6 Å². The van der Waals surface area contributed by atoms with Crippen molar-refractivity contribution >= 4 is 5.82 Å². The van der Waals surface area contributed by atoms with Gasteiger partial charge in [-0.05, 0) is 25.0 Å². The van der Waals surface area contributed by atoms with Crippen molar-refractivity contribution in [3.05, 3.63) is 18.3 Å². The molecular weight excluding hydrogens is 216 g/mol. The molecule has 1 saturated carbocycles. The average Bonchev–Trinajstić information content (AvgIpc) is 2.86. The molecule has 1 aromatic rings. The van der Waals surface area contributed by atoms with Gasteiger partial charge in [0.05, 0.1) is 13.7 Å². The summed E-state index contributed by atoms with van der Waals surface area (Å²) in [5, 5.41) is 12.8. The van der Waals surface area contributed by atoms with Crippen molar-refractivity contribution < 1.29 is 9.84 Å². The first-order valence-electron chi connectivity index (χ1n) is 6.13. The molecule has 1 aliphatic carbocycles. The molecule has 0 amide bonds. The van der Waals surface area contributed by atoms with E-state index in [4.69, 9.17) is 4.74 Å². The molecule has 1 heterocycles. The van der Waals surface area contributed by atoms with Crippen LogP contribution >= 0.6 is 0 Å². The second kappa shape index (κ2) is 5.36. The third kappa shape index (κ3) is 2.69. The number of nitrogens with one attached hydrogen (secondary N) is 1. The van der Waals surface area contributed by atoms with Gasteiger partial charge in [-0.25, -0.2) is 4.98 Å².